The quantitative estimate of drug-likeness (QED) is 0.796. The van der Waals surface area contributed by atoms with Crippen molar-refractivity contribution < 1.29 is 4.79 Å². The zero-order chi connectivity index (χ0) is 18.4. The average Bonchev–Trinajstić information content (AvgIpc) is 2.66. The van der Waals surface area contributed by atoms with Crippen molar-refractivity contribution in [1.29, 1.82) is 0 Å². The smallest absolute Gasteiger partial charge is 0.274 e. The number of anilines is 1. The Morgan fingerprint density at radius 3 is 2.74 bits per heavy atom. The molecule has 2 aromatic rings. The molecule has 1 aliphatic rings. The van der Waals surface area contributed by atoms with Gasteiger partial charge in [0.2, 0.25) is 5.91 Å². The summed E-state index contributed by atoms with van der Waals surface area (Å²) in [5.74, 6) is 0.746. The zero-order valence-corrected chi connectivity index (χ0v) is 16.5. The van der Waals surface area contributed by atoms with Gasteiger partial charge in [-0.2, -0.15) is 0 Å². The van der Waals surface area contributed by atoms with Crippen LogP contribution < -0.4 is 16.2 Å². The average molecular weight is 390 g/mol. The number of pyridine rings is 1. The van der Waals surface area contributed by atoms with Crippen LogP contribution >= 0.6 is 12.4 Å². The van der Waals surface area contributed by atoms with Gasteiger partial charge >= 0.3 is 0 Å². The summed E-state index contributed by atoms with van der Waals surface area (Å²) in [6.45, 7) is 4.66. The number of piperidine rings is 1. The highest BCUT2D eigenvalue weighted by Crippen LogP contribution is 2.22. The number of hydrogen-bond acceptors (Lipinski definition) is 3. The number of hydrogen-bond donors (Lipinski definition) is 2. The van der Waals surface area contributed by atoms with Gasteiger partial charge < -0.3 is 15.2 Å². The topological polar surface area (TPSA) is 63.1 Å². The fourth-order valence-electron chi connectivity index (χ4n) is 3.56. The van der Waals surface area contributed by atoms with Gasteiger partial charge in [0.05, 0.1) is 6.54 Å². The van der Waals surface area contributed by atoms with Crippen LogP contribution in [0.1, 0.15) is 31.7 Å². The minimum atomic E-state index is -0.170. The van der Waals surface area contributed by atoms with E-state index >= 15 is 0 Å². The maximum atomic E-state index is 12.6. The minimum absolute atomic E-state index is 0. The number of nitrogens with zero attached hydrogens (tertiary/aromatic N) is 1. The molecule has 1 aromatic heterocycles. The molecule has 146 valence electrons. The fraction of sp³-hybridized carbons (Fsp3) is 0.429. The van der Waals surface area contributed by atoms with Crippen molar-refractivity contribution in [2.24, 2.45) is 11.8 Å². The number of benzene rings is 1. The van der Waals surface area contributed by atoms with E-state index in [4.69, 9.17) is 0 Å². The molecule has 1 amide bonds. The van der Waals surface area contributed by atoms with Crippen molar-refractivity contribution in [2.45, 2.75) is 32.7 Å². The van der Waals surface area contributed by atoms with E-state index in [1.807, 2.05) is 30.3 Å². The maximum Gasteiger partial charge on any atom is 0.274 e. The molecule has 2 heterocycles. The van der Waals surface area contributed by atoms with Gasteiger partial charge in [-0.1, -0.05) is 37.3 Å². The molecule has 0 saturated carbocycles. The summed E-state index contributed by atoms with van der Waals surface area (Å²) in [4.78, 5) is 25.0. The number of rotatable bonds is 6. The van der Waals surface area contributed by atoms with Gasteiger partial charge in [0, 0.05) is 12.6 Å². The first-order valence-electron chi connectivity index (χ1n) is 9.37. The van der Waals surface area contributed by atoms with E-state index in [0.717, 1.165) is 25.1 Å². The second-order valence-corrected chi connectivity index (χ2v) is 7.18. The molecule has 0 bridgehead atoms. The molecule has 1 aliphatic heterocycles. The lowest BCUT2D eigenvalue weighted by molar-refractivity contribution is -0.117. The molecule has 2 unspecified atom stereocenters. The van der Waals surface area contributed by atoms with Crippen molar-refractivity contribution >= 4 is 24.0 Å². The van der Waals surface area contributed by atoms with E-state index in [0.29, 0.717) is 30.5 Å². The van der Waals surface area contributed by atoms with Crippen molar-refractivity contribution in [3.05, 3.63) is 64.6 Å². The Bertz CT molecular complexity index is 786. The Morgan fingerprint density at radius 1 is 1.26 bits per heavy atom. The van der Waals surface area contributed by atoms with Crippen LogP contribution in [0, 0.1) is 11.8 Å². The number of aromatic nitrogens is 1. The van der Waals surface area contributed by atoms with Crippen LogP contribution in [0.5, 0.6) is 0 Å². The molecule has 1 fully saturated rings. The molecule has 3 rings (SSSR count). The lowest BCUT2D eigenvalue weighted by atomic mass is 9.85. The van der Waals surface area contributed by atoms with Crippen molar-refractivity contribution in [3.8, 4) is 0 Å². The molecular formula is C21H28ClN3O2. The van der Waals surface area contributed by atoms with Crippen molar-refractivity contribution in [1.82, 2.24) is 9.88 Å². The summed E-state index contributed by atoms with van der Waals surface area (Å²) in [7, 11) is 0. The van der Waals surface area contributed by atoms with E-state index in [9.17, 15) is 9.59 Å². The Kier molecular flexibility index (Phi) is 8.07. The Morgan fingerprint density at radius 2 is 2.04 bits per heavy atom. The summed E-state index contributed by atoms with van der Waals surface area (Å²) >= 11 is 0. The number of nitrogens with one attached hydrogen (secondary N) is 2. The molecule has 0 radical (unpaired) electrons. The highest BCUT2D eigenvalue weighted by atomic mass is 35.5. The monoisotopic (exact) mass is 389 g/mol. The van der Waals surface area contributed by atoms with E-state index in [2.05, 4.69) is 17.6 Å². The molecule has 6 heteroatoms. The van der Waals surface area contributed by atoms with Crippen molar-refractivity contribution in [3.63, 3.8) is 0 Å². The van der Waals surface area contributed by atoms with E-state index in [-0.39, 0.29) is 23.9 Å². The third kappa shape index (κ3) is 5.94. The maximum absolute atomic E-state index is 12.6. The predicted octanol–water partition coefficient (Wildman–Crippen LogP) is 3.28. The molecule has 2 atom stereocenters. The highest BCUT2D eigenvalue weighted by Gasteiger charge is 2.22. The second kappa shape index (κ2) is 10.3. The molecular weight excluding hydrogens is 362 g/mol. The lowest BCUT2D eigenvalue weighted by Gasteiger charge is -2.28. The van der Waals surface area contributed by atoms with E-state index in [1.54, 1.807) is 22.9 Å². The molecule has 1 aromatic carbocycles. The summed E-state index contributed by atoms with van der Waals surface area (Å²) in [5, 5.41) is 6.21. The number of carbonyl (C=O) groups excluding carboxylic acids is 1. The van der Waals surface area contributed by atoms with Crippen LogP contribution in [-0.2, 0) is 11.3 Å². The van der Waals surface area contributed by atoms with Gasteiger partial charge in [-0.05, 0) is 55.5 Å². The third-order valence-corrected chi connectivity index (χ3v) is 5.14. The van der Waals surface area contributed by atoms with Gasteiger partial charge in [0.25, 0.3) is 5.56 Å². The summed E-state index contributed by atoms with van der Waals surface area (Å²) in [6.07, 6.45) is 4.52. The normalized spacial score (nSPS) is 17.6. The first-order valence-corrected chi connectivity index (χ1v) is 9.37. The van der Waals surface area contributed by atoms with Crippen LogP contribution in [-0.4, -0.2) is 23.6 Å². The fourth-order valence-corrected chi connectivity index (χ4v) is 3.56. The van der Waals surface area contributed by atoms with Crippen LogP contribution in [0.3, 0.4) is 0 Å². The molecule has 5 nitrogen and oxygen atoms in total. The van der Waals surface area contributed by atoms with Gasteiger partial charge in [0.1, 0.15) is 5.69 Å². The minimum Gasteiger partial charge on any atom is -0.321 e. The molecule has 0 aliphatic carbocycles. The molecule has 1 saturated heterocycles. The van der Waals surface area contributed by atoms with Gasteiger partial charge in [0.15, 0.2) is 0 Å². The molecule has 2 N–H and O–H groups in total. The Hall–Kier alpha value is -2.11. The largest absolute Gasteiger partial charge is 0.321 e. The lowest BCUT2D eigenvalue weighted by Crippen LogP contribution is -2.35. The standard InChI is InChI=1S/C21H27N3O2.ClH/c1-16(18-9-5-11-22-14-18)13-20(25)23-19-10-6-12-24(21(19)26)15-17-7-3-2-4-8-17;/h2-4,6-8,10,12,16,18,22H,5,9,11,13-15H2,1H3,(H,23,25);1H. The highest BCUT2D eigenvalue weighted by molar-refractivity contribution is 5.90. The number of amides is 1. The molecule has 0 spiro atoms. The first-order chi connectivity index (χ1) is 12.6. The number of halogens is 1. The van der Waals surface area contributed by atoms with Crippen LogP contribution in [0.4, 0.5) is 5.69 Å². The first kappa shape index (κ1) is 21.2. The van der Waals surface area contributed by atoms with Crippen LogP contribution in [0.15, 0.2) is 53.5 Å². The Balaban J connectivity index is 0.00000261. The predicted molar refractivity (Wildman–Crippen MR) is 111 cm³/mol. The van der Waals surface area contributed by atoms with Crippen LogP contribution in [0.25, 0.3) is 0 Å². The third-order valence-electron chi connectivity index (χ3n) is 5.14. The second-order valence-electron chi connectivity index (χ2n) is 7.18. The van der Waals surface area contributed by atoms with E-state index in [1.165, 1.54) is 6.42 Å². The Labute approximate surface area is 166 Å². The van der Waals surface area contributed by atoms with Crippen molar-refractivity contribution in [2.75, 3.05) is 18.4 Å². The summed E-state index contributed by atoms with van der Waals surface area (Å²) in [6, 6.07) is 13.3. The SMILES string of the molecule is CC(CC(=O)Nc1cccn(Cc2ccccc2)c1=O)C1CCCNC1.Cl. The van der Waals surface area contributed by atoms with Gasteiger partial charge in [-0.15, -0.1) is 12.4 Å². The van der Waals surface area contributed by atoms with E-state index < -0.39 is 0 Å². The summed E-state index contributed by atoms with van der Waals surface area (Å²) in [5.41, 5.74) is 1.23. The zero-order valence-electron chi connectivity index (χ0n) is 15.7. The number of carbonyl (C=O) groups is 1. The van der Waals surface area contributed by atoms with Gasteiger partial charge in [-0.25, -0.2) is 0 Å². The van der Waals surface area contributed by atoms with Crippen LogP contribution in [0.2, 0.25) is 0 Å². The van der Waals surface area contributed by atoms with Gasteiger partial charge in [-0.3, -0.25) is 9.59 Å². The summed E-state index contributed by atoms with van der Waals surface area (Å²) < 4.78 is 1.62. The molecule has 27 heavy (non-hydrogen) atoms.